The molecule has 3 rings (SSSR count). The molecule has 9 N–H and O–H groups in total. The first-order valence-electron chi connectivity index (χ1n) is 14.4. The molecule has 3 amide bonds. The van der Waals surface area contributed by atoms with Gasteiger partial charge < -0.3 is 31.8 Å². The van der Waals surface area contributed by atoms with Crippen LogP contribution < -0.4 is 31.6 Å². The van der Waals surface area contributed by atoms with Crippen LogP contribution >= 0.6 is 0 Å². The molecule has 3 aromatic rings. The quantitative estimate of drug-likeness (QED) is 0.0813. The lowest BCUT2D eigenvalue weighted by Gasteiger charge is -2.21. The van der Waals surface area contributed by atoms with E-state index in [0.29, 0.717) is 17.9 Å². The number of primary amides is 1. The van der Waals surface area contributed by atoms with Crippen molar-refractivity contribution in [3.8, 4) is 5.75 Å². The highest BCUT2D eigenvalue weighted by atomic mass is 32.2. The van der Waals surface area contributed by atoms with Gasteiger partial charge in [0.25, 0.3) is 0 Å². The Hall–Kier alpha value is -4.43. The standard InChI is InChI=1S/C30H41N7O6S/c1-3-13-43-23-9-10-25-24(16-23)21(18-34-25)14-22(37-44(41,42)4-2)15-28(39)36-26(11-12-27(31)38)30(40)35-17-19-5-7-20(8-6-19)29(32)33/h5-10,16,18,22,26,34,37H,3-4,11-15,17H2,1-2H3,(H2,31,38)(H3,32,33)(H,35,40)(H,36,39). The summed E-state index contributed by atoms with van der Waals surface area (Å²) >= 11 is 0. The predicted octanol–water partition coefficient (Wildman–Crippen LogP) is 1.55. The van der Waals surface area contributed by atoms with Crippen molar-refractivity contribution in [2.24, 2.45) is 11.5 Å². The van der Waals surface area contributed by atoms with Crippen LogP contribution in [0.3, 0.4) is 0 Å². The number of hydrogen-bond acceptors (Lipinski definition) is 7. The van der Waals surface area contributed by atoms with Crippen molar-refractivity contribution in [1.29, 1.82) is 5.41 Å². The van der Waals surface area contributed by atoms with Gasteiger partial charge in [-0.25, -0.2) is 13.1 Å². The fourth-order valence-corrected chi connectivity index (χ4v) is 5.38. The number of nitrogens with two attached hydrogens (primary N) is 2. The Morgan fingerprint density at radius 2 is 1.80 bits per heavy atom. The minimum Gasteiger partial charge on any atom is -0.494 e. The largest absolute Gasteiger partial charge is 0.494 e. The summed E-state index contributed by atoms with van der Waals surface area (Å²) in [7, 11) is -3.68. The van der Waals surface area contributed by atoms with Crippen LogP contribution in [0.1, 0.15) is 56.2 Å². The van der Waals surface area contributed by atoms with E-state index >= 15 is 0 Å². The van der Waals surface area contributed by atoms with Gasteiger partial charge in [0.2, 0.25) is 27.7 Å². The normalized spacial score (nSPS) is 12.8. The van der Waals surface area contributed by atoms with Gasteiger partial charge in [-0.05, 0) is 55.5 Å². The van der Waals surface area contributed by atoms with Gasteiger partial charge in [-0.2, -0.15) is 0 Å². The predicted molar refractivity (Wildman–Crippen MR) is 168 cm³/mol. The number of ether oxygens (including phenoxy) is 1. The number of sulfonamides is 1. The Labute approximate surface area is 257 Å². The second-order valence-electron chi connectivity index (χ2n) is 10.4. The molecular formula is C30H41N7O6S. The van der Waals surface area contributed by atoms with E-state index in [0.717, 1.165) is 28.5 Å². The maximum absolute atomic E-state index is 13.2. The number of carbonyl (C=O) groups is 3. The van der Waals surface area contributed by atoms with E-state index in [2.05, 4.69) is 20.3 Å². The van der Waals surface area contributed by atoms with E-state index in [9.17, 15) is 22.8 Å². The Kier molecular flexibility index (Phi) is 12.3. The Balaban J connectivity index is 1.74. The summed E-state index contributed by atoms with van der Waals surface area (Å²) in [5.41, 5.74) is 13.7. The third kappa shape index (κ3) is 10.4. The topological polar surface area (TPSA) is 222 Å². The highest BCUT2D eigenvalue weighted by molar-refractivity contribution is 7.89. The number of amides is 3. The second-order valence-corrected chi connectivity index (χ2v) is 12.5. The molecule has 44 heavy (non-hydrogen) atoms. The number of nitrogen functional groups attached to an aromatic ring is 1. The zero-order valence-electron chi connectivity index (χ0n) is 24.9. The first kappa shape index (κ1) is 34.1. The number of benzene rings is 2. The molecule has 0 aliphatic carbocycles. The van der Waals surface area contributed by atoms with E-state index in [1.807, 2.05) is 25.1 Å². The summed E-state index contributed by atoms with van der Waals surface area (Å²) in [6, 6.07) is 10.4. The van der Waals surface area contributed by atoms with E-state index in [1.165, 1.54) is 6.92 Å². The van der Waals surface area contributed by atoms with Gasteiger partial charge in [0, 0.05) is 48.1 Å². The minimum atomic E-state index is -3.68. The monoisotopic (exact) mass is 627 g/mol. The Morgan fingerprint density at radius 3 is 2.43 bits per heavy atom. The van der Waals surface area contributed by atoms with Crippen molar-refractivity contribution in [2.75, 3.05) is 12.4 Å². The summed E-state index contributed by atoms with van der Waals surface area (Å²) in [5, 5.41) is 13.7. The van der Waals surface area contributed by atoms with Gasteiger partial charge in [-0.15, -0.1) is 0 Å². The lowest BCUT2D eigenvalue weighted by atomic mass is 10.0. The van der Waals surface area contributed by atoms with E-state index in [-0.39, 0.29) is 43.8 Å². The molecule has 238 valence electrons. The number of H-pyrrole nitrogens is 1. The molecule has 0 spiro atoms. The molecule has 0 fully saturated rings. The average molecular weight is 628 g/mol. The molecule has 1 heterocycles. The van der Waals surface area contributed by atoms with Crippen molar-refractivity contribution in [1.82, 2.24) is 20.3 Å². The molecule has 14 heteroatoms. The highest BCUT2D eigenvalue weighted by Gasteiger charge is 2.26. The maximum Gasteiger partial charge on any atom is 0.242 e. The number of aromatic nitrogens is 1. The van der Waals surface area contributed by atoms with Crippen molar-refractivity contribution in [3.05, 3.63) is 65.4 Å². The van der Waals surface area contributed by atoms with Gasteiger partial charge in [0.1, 0.15) is 17.6 Å². The van der Waals surface area contributed by atoms with Crippen LogP contribution in [0, 0.1) is 5.41 Å². The van der Waals surface area contributed by atoms with Crippen LogP contribution in [0.2, 0.25) is 0 Å². The van der Waals surface area contributed by atoms with Crippen molar-refractivity contribution in [2.45, 2.75) is 64.6 Å². The number of nitrogens with one attached hydrogen (secondary N) is 5. The SMILES string of the molecule is CCCOc1ccc2[nH]cc(CC(CC(=O)NC(CCC(N)=O)C(=O)NCc3ccc(C(=N)N)cc3)NS(=O)(=O)CC)c2c1. The first-order chi connectivity index (χ1) is 20.9. The van der Waals surface area contributed by atoms with Crippen LogP contribution in [-0.4, -0.2) is 61.4 Å². The van der Waals surface area contributed by atoms with Crippen molar-refractivity contribution < 1.29 is 27.5 Å². The van der Waals surface area contributed by atoms with Gasteiger partial charge in [0.05, 0.1) is 12.4 Å². The first-order valence-corrected chi connectivity index (χ1v) is 16.1. The molecule has 0 saturated heterocycles. The van der Waals surface area contributed by atoms with Crippen LogP contribution in [0.25, 0.3) is 10.9 Å². The number of rotatable bonds is 18. The second kappa shape index (κ2) is 15.9. The highest BCUT2D eigenvalue weighted by Crippen LogP contribution is 2.25. The summed E-state index contributed by atoms with van der Waals surface area (Å²) in [6.45, 7) is 4.19. The average Bonchev–Trinajstić information content (AvgIpc) is 3.38. The summed E-state index contributed by atoms with van der Waals surface area (Å²) in [5.74, 6) is -1.31. The fraction of sp³-hybridized carbons (Fsp3) is 0.400. The molecule has 0 aliphatic rings. The molecule has 0 saturated carbocycles. The van der Waals surface area contributed by atoms with E-state index in [1.54, 1.807) is 30.5 Å². The third-order valence-electron chi connectivity index (χ3n) is 6.90. The number of aromatic amines is 1. The molecule has 0 aliphatic heterocycles. The summed E-state index contributed by atoms with van der Waals surface area (Å²) in [4.78, 5) is 40.9. The molecule has 2 unspecified atom stereocenters. The number of fused-ring (bicyclic) bond motifs is 1. The van der Waals surface area contributed by atoms with Crippen molar-refractivity contribution in [3.63, 3.8) is 0 Å². The minimum absolute atomic E-state index is 0.0372. The molecule has 1 aromatic heterocycles. The lowest BCUT2D eigenvalue weighted by molar-refractivity contribution is -0.130. The van der Waals surface area contributed by atoms with Gasteiger partial charge in [-0.1, -0.05) is 31.2 Å². The van der Waals surface area contributed by atoms with Crippen LogP contribution in [0.15, 0.2) is 48.7 Å². The molecule has 2 aromatic carbocycles. The number of amidine groups is 1. The smallest absolute Gasteiger partial charge is 0.242 e. The van der Waals surface area contributed by atoms with Crippen LogP contribution in [0.5, 0.6) is 5.75 Å². The Bertz CT molecular complexity index is 1570. The molecular weight excluding hydrogens is 586 g/mol. The number of carbonyl (C=O) groups excluding carboxylic acids is 3. The van der Waals surface area contributed by atoms with Crippen LogP contribution in [0.4, 0.5) is 0 Å². The van der Waals surface area contributed by atoms with E-state index < -0.39 is 39.8 Å². The maximum atomic E-state index is 13.2. The fourth-order valence-electron chi connectivity index (χ4n) is 4.54. The zero-order chi connectivity index (χ0) is 32.3. The molecule has 0 bridgehead atoms. The third-order valence-corrected chi connectivity index (χ3v) is 8.35. The molecule has 13 nitrogen and oxygen atoms in total. The zero-order valence-corrected chi connectivity index (χ0v) is 25.8. The van der Waals surface area contributed by atoms with Crippen molar-refractivity contribution >= 4 is 44.5 Å². The van der Waals surface area contributed by atoms with Crippen LogP contribution in [-0.2, 0) is 37.4 Å². The Morgan fingerprint density at radius 1 is 1.07 bits per heavy atom. The lowest BCUT2D eigenvalue weighted by Crippen LogP contribution is -2.49. The van der Waals surface area contributed by atoms with E-state index in [4.69, 9.17) is 21.6 Å². The summed E-state index contributed by atoms with van der Waals surface area (Å²) in [6.07, 6.45) is 2.37. The molecule has 0 radical (unpaired) electrons. The molecule has 2 atom stereocenters. The summed E-state index contributed by atoms with van der Waals surface area (Å²) < 4.78 is 33.4. The van der Waals surface area contributed by atoms with Gasteiger partial charge in [-0.3, -0.25) is 19.8 Å². The van der Waals surface area contributed by atoms with Gasteiger partial charge >= 0.3 is 0 Å². The number of hydrogen-bond donors (Lipinski definition) is 7. The van der Waals surface area contributed by atoms with Gasteiger partial charge in [0.15, 0.2) is 0 Å².